The van der Waals surface area contributed by atoms with Crippen LogP contribution in [0.25, 0.3) is 0 Å². The minimum atomic E-state index is -0.615. The van der Waals surface area contributed by atoms with E-state index < -0.39 is 18.0 Å². The lowest BCUT2D eigenvalue weighted by atomic mass is 10.1. The van der Waals surface area contributed by atoms with Crippen molar-refractivity contribution in [1.82, 2.24) is 0 Å². The van der Waals surface area contributed by atoms with Gasteiger partial charge >= 0.3 is 12.2 Å². The predicted octanol–water partition coefficient (Wildman–Crippen LogP) is 5.64. The highest BCUT2D eigenvalue weighted by Gasteiger charge is 2.19. The maximum absolute atomic E-state index is 13.4. The molecule has 0 aliphatic heterocycles. The van der Waals surface area contributed by atoms with E-state index in [1.165, 1.54) is 35.2 Å². The number of hydrogen-bond acceptors (Lipinski definition) is 4. The predicted molar refractivity (Wildman–Crippen MR) is 117 cm³/mol. The summed E-state index contributed by atoms with van der Waals surface area (Å²) in [5.41, 5.74) is 2.01. The fourth-order valence-corrected chi connectivity index (χ4v) is 2.91. The summed E-state index contributed by atoms with van der Waals surface area (Å²) in [6, 6.07) is 21.8. The third-order valence-corrected chi connectivity index (χ3v) is 4.39. The van der Waals surface area contributed by atoms with Crippen LogP contribution >= 0.6 is 0 Å². The molecule has 3 aromatic carbocycles. The molecule has 31 heavy (non-hydrogen) atoms. The Morgan fingerprint density at radius 1 is 0.968 bits per heavy atom. The average Bonchev–Trinajstić information content (AvgIpc) is 2.76. The van der Waals surface area contributed by atoms with Gasteiger partial charge in [0.2, 0.25) is 0 Å². The molecule has 0 aliphatic carbocycles. The highest BCUT2D eigenvalue weighted by molar-refractivity contribution is 5.89. The topological polar surface area (TPSA) is 67.9 Å². The van der Waals surface area contributed by atoms with Crippen LogP contribution in [0.5, 0.6) is 5.75 Å². The Bertz CT molecular complexity index is 1010. The van der Waals surface area contributed by atoms with Gasteiger partial charge in [0.1, 0.15) is 11.6 Å². The molecule has 0 fully saturated rings. The van der Waals surface area contributed by atoms with Gasteiger partial charge in [-0.2, -0.15) is 0 Å². The molecule has 1 N–H and O–H groups in total. The fourth-order valence-electron chi connectivity index (χ4n) is 2.91. The van der Waals surface area contributed by atoms with Gasteiger partial charge in [0.15, 0.2) is 0 Å². The second-order valence-electron chi connectivity index (χ2n) is 6.60. The standard InChI is InChI=1S/C24H23FN2O4/c1-2-30-23(28)26-20-9-6-10-22(17-20)31-24(29)27(21-13-11-19(25)12-14-21)16-15-18-7-4-3-5-8-18/h3-14,17H,2,15-16H2,1H3,(H,26,28). The normalized spacial score (nSPS) is 10.3. The van der Waals surface area contributed by atoms with E-state index in [2.05, 4.69) is 5.32 Å². The zero-order valence-corrected chi connectivity index (χ0v) is 17.1. The first kappa shape index (κ1) is 21.8. The third-order valence-electron chi connectivity index (χ3n) is 4.39. The van der Waals surface area contributed by atoms with Gasteiger partial charge in [-0.15, -0.1) is 0 Å². The number of anilines is 2. The van der Waals surface area contributed by atoms with Crippen molar-refractivity contribution >= 4 is 23.6 Å². The van der Waals surface area contributed by atoms with Crippen molar-refractivity contribution < 1.29 is 23.5 Å². The molecule has 0 unspecified atom stereocenters. The van der Waals surface area contributed by atoms with Crippen LogP contribution < -0.4 is 15.0 Å². The van der Waals surface area contributed by atoms with Crippen molar-refractivity contribution in [2.24, 2.45) is 0 Å². The van der Waals surface area contributed by atoms with E-state index in [9.17, 15) is 14.0 Å². The maximum Gasteiger partial charge on any atom is 0.419 e. The van der Waals surface area contributed by atoms with Crippen molar-refractivity contribution in [1.29, 1.82) is 0 Å². The minimum Gasteiger partial charge on any atom is -0.450 e. The second kappa shape index (κ2) is 10.8. The Labute approximate surface area is 180 Å². The first-order valence-corrected chi connectivity index (χ1v) is 9.88. The van der Waals surface area contributed by atoms with Crippen LogP contribution in [-0.2, 0) is 11.2 Å². The van der Waals surface area contributed by atoms with Gasteiger partial charge in [0.25, 0.3) is 0 Å². The number of hydrogen-bond donors (Lipinski definition) is 1. The van der Waals surface area contributed by atoms with Gasteiger partial charge in [-0.1, -0.05) is 36.4 Å². The largest absolute Gasteiger partial charge is 0.450 e. The Morgan fingerprint density at radius 2 is 1.71 bits per heavy atom. The number of nitrogens with one attached hydrogen (secondary N) is 1. The number of carbonyl (C=O) groups is 2. The van der Waals surface area contributed by atoms with Gasteiger partial charge in [0, 0.05) is 24.0 Å². The molecule has 7 heteroatoms. The Hall–Kier alpha value is -3.87. The molecule has 3 rings (SSSR count). The van der Waals surface area contributed by atoms with Gasteiger partial charge in [0.05, 0.1) is 6.61 Å². The summed E-state index contributed by atoms with van der Waals surface area (Å²) >= 11 is 0. The third kappa shape index (κ3) is 6.57. The highest BCUT2D eigenvalue weighted by atomic mass is 19.1. The molecule has 0 aliphatic rings. The number of carbonyl (C=O) groups excluding carboxylic acids is 2. The van der Waals surface area contributed by atoms with Crippen molar-refractivity contribution in [2.45, 2.75) is 13.3 Å². The van der Waals surface area contributed by atoms with Crippen LogP contribution in [0, 0.1) is 5.82 Å². The molecule has 0 aromatic heterocycles. The van der Waals surface area contributed by atoms with E-state index in [1.54, 1.807) is 25.1 Å². The van der Waals surface area contributed by atoms with Gasteiger partial charge in [-0.3, -0.25) is 10.2 Å². The zero-order valence-electron chi connectivity index (χ0n) is 17.1. The molecule has 0 saturated heterocycles. The summed E-state index contributed by atoms with van der Waals surface area (Å²) in [5.74, 6) is -0.135. The van der Waals surface area contributed by atoms with Crippen molar-refractivity contribution in [3.8, 4) is 5.75 Å². The number of benzene rings is 3. The molecule has 0 atom stereocenters. The minimum absolute atomic E-state index is 0.245. The zero-order chi connectivity index (χ0) is 22.1. The lowest BCUT2D eigenvalue weighted by molar-refractivity contribution is 0.168. The van der Waals surface area contributed by atoms with Crippen molar-refractivity contribution in [2.75, 3.05) is 23.4 Å². The summed E-state index contributed by atoms with van der Waals surface area (Å²) in [4.78, 5) is 26.0. The summed E-state index contributed by atoms with van der Waals surface area (Å²) in [6.07, 6.45) is -0.616. The lowest BCUT2D eigenvalue weighted by Crippen LogP contribution is -2.35. The van der Waals surface area contributed by atoms with Gasteiger partial charge in [-0.25, -0.2) is 14.0 Å². The molecule has 0 bridgehead atoms. The molecule has 0 spiro atoms. The number of ether oxygens (including phenoxy) is 2. The number of nitrogens with zero attached hydrogens (tertiary/aromatic N) is 1. The van der Waals surface area contributed by atoms with E-state index in [4.69, 9.17) is 9.47 Å². The molecular weight excluding hydrogens is 399 g/mol. The molecule has 0 heterocycles. The van der Waals surface area contributed by atoms with Crippen LogP contribution in [0.4, 0.5) is 25.4 Å². The van der Waals surface area contributed by atoms with Crippen LogP contribution in [-0.4, -0.2) is 25.3 Å². The van der Waals surface area contributed by atoms with Crippen molar-refractivity contribution in [3.05, 3.63) is 90.2 Å². The molecular formula is C24H23FN2O4. The van der Waals surface area contributed by atoms with Crippen molar-refractivity contribution in [3.63, 3.8) is 0 Å². The summed E-state index contributed by atoms with van der Waals surface area (Å²) in [5, 5.41) is 2.56. The Balaban J connectivity index is 1.75. The summed E-state index contributed by atoms with van der Waals surface area (Å²) < 4.78 is 23.8. The smallest absolute Gasteiger partial charge is 0.419 e. The number of amides is 2. The van der Waals surface area contributed by atoms with E-state index in [0.29, 0.717) is 24.3 Å². The monoisotopic (exact) mass is 422 g/mol. The van der Waals surface area contributed by atoms with E-state index in [1.807, 2.05) is 30.3 Å². The lowest BCUT2D eigenvalue weighted by Gasteiger charge is -2.22. The van der Waals surface area contributed by atoms with Gasteiger partial charge in [-0.05, 0) is 55.3 Å². The highest BCUT2D eigenvalue weighted by Crippen LogP contribution is 2.21. The summed E-state index contributed by atoms with van der Waals surface area (Å²) in [6.45, 7) is 2.29. The molecule has 160 valence electrons. The molecule has 0 radical (unpaired) electrons. The SMILES string of the molecule is CCOC(=O)Nc1cccc(OC(=O)N(CCc2ccccc2)c2ccc(F)cc2)c1. The van der Waals surface area contributed by atoms with E-state index in [0.717, 1.165) is 5.56 Å². The Morgan fingerprint density at radius 3 is 2.42 bits per heavy atom. The van der Waals surface area contributed by atoms with Gasteiger partial charge < -0.3 is 9.47 Å². The average molecular weight is 422 g/mol. The first-order chi connectivity index (χ1) is 15.0. The molecule has 3 aromatic rings. The second-order valence-corrected chi connectivity index (χ2v) is 6.60. The van der Waals surface area contributed by atoms with E-state index >= 15 is 0 Å². The molecule has 6 nitrogen and oxygen atoms in total. The van der Waals surface area contributed by atoms with Crippen LogP contribution in [0.15, 0.2) is 78.9 Å². The number of rotatable bonds is 7. The van der Waals surface area contributed by atoms with Crippen LogP contribution in [0.2, 0.25) is 0 Å². The maximum atomic E-state index is 13.4. The Kier molecular flexibility index (Phi) is 7.59. The quantitative estimate of drug-likeness (QED) is 0.535. The summed E-state index contributed by atoms with van der Waals surface area (Å²) in [7, 11) is 0. The fraction of sp³-hybridized carbons (Fsp3) is 0.167. The van der Waals surface area contributed by atoms with E-state index in [-0.39, 0.29) is 12.4 Å². The molecule has 2 amide bonds. The number of halogens is 1. The molecule has 0 saturated carbocycles. The first-order valence-electron chi connectivity index (χ1n) is 9.88. The van der Waals surface area contributed by atoms with Crippen LogP contribution in [0.3, 0.4) is 0 Å². The van der Waals surface area contributed by atoms with Crippen LogP contribution in [0.1, 0.15) is 12.5 Å².